The fourth-order valence-corrected chi connectivity index (χ4v) is 5.32. The number of ether oxygens (including phenoxy) is 1. The van der Waals surface area contributed by atoms with Crippen molar-refractivity contribution in [3.8, 4) is 0 Å². The molecule has 21 heavy (non-hydrogen) atoms. The van der Waals surface area contributed by atoms with E-state index in [1.54, 1.807) is 6.92 Å². The molecule has 0 radical (unpaired) electrons. The van der Waals surface area contributed by atoms with Gasteiger partial charge in [-0.3, -0.25) is 14.2 Å². The van der Waals surface area contributed by atoms with Gasteiger partial charge in [0.1, 0.15) is 0 Å². The molecular formula is C13H23O7P. The lowest BCUT2D eigenvalue weighted by molar-refractivity contribution is -0.142. The SMILES string of the molecule is CCC(C1CCCO1)P(=O)(O)CC(CCC(=O)O)C(=O)O. The molecule has 0 spiro atoms. The monoisotopic (exact) mass is 322 g/mol. The minimum atomic E-state index is -3.72. The van der Waals surface area contributed by atoms with Crippen molar-refractivity contribution < 1.29 is 34.0 Å². The van der Waals surface area contributed by atoms with Crippen LogP contribution in [-0.4, -0.2) is 51.6 Å². The molecule has 7 nitrogen and oxygen atoms in total. The van der Waals surface area contributed by atoms with Gasteiger partial charge in [-0.15, -0.1) is 0 Å². The number of hydrogen-bond acceptors (Lipinski definition) is 4. The lowest BCUT2D eigenvalue weighted by atomic mass is 10.1. The van der Waals surface area contributed by atoms with Gasteiger partial charge in [0.2, 0.25) is 7.37 Å². The predicted octanol–water partition coefficient (Wildman–Crippen LogP) is 1.78. The van der Waals surface area contributed by atoms with E-state index in [9.17, 15) is 19.0 Å². The van der Waals surface area contributed by atoms with Crippen LogP contribution in [0.1, 0.15) is 39.0 Å². The fourth-order valence-electron chi connectivity index (χ4n) is 2.76. The molecule has 1 aliphatic rings. The van der Waals surface area contributed by atoms with E-state index in [2.05, 4.69) is 0 Å². The maximum absolute atomic E-state index is 12.6. The molecule has 0 amide bonds. The van der Waals surface area contributed by atoms with Crippen LogP contribution < -0.4 is 0 Å². The Balaban J connectivity index is 2.75. The van der Waals surface area contributed by atoms with E-state index in [0.29, 0.717) is 19.4 Å². The molecular weight excluding hydrogens is 299 g/mol. The summed E-state index contributed by atoms with van der Waals surface area (Å²) in [6.07, 6.45) is 0.806. The summed E-state index contributed by atoms with van der Waals surface area (Å²) in [6, 6.07) is 0. The summed E-state index contributed by atoms with van der Waals surface area (Å²) < 4.78 is 18.0. The van der Waals surface area contributed by atoms with Gasteiger partial charge in [0, 0.05) is 19.2 Å². The molecule has 0 aliphatic carbocycles. The minimum Gasteiger partial charge on any atom is -0.481 e. The molecule has 4 unspecified atom stereocenters. The summed E-state index contributed by atoms with van der Waals surface area (Å²) in [5.74, 6) is -3.46. The summed E-state index contributed by atoms with van der Waals surface area (Å²) in [5.41, 5.74) is -0.577. The van der Waals surface area contributed by atoms with E-state index in [4.69, 9.17) is 14.9 Å². The van der Waals surface area contributed by atoms with E-state index >= 15 is 0 Å². The van der Waals surface area contributed by atoms with E-state index in [0.717, 1.165) is 6.42 Å². The van der Waals surface area contributed by atoms with E-state index in [-0.39, 0.29) is 18.9 Å². The number of aliphatic carboxylic acids is 2. The molecule has 0 aromatic heterocycles. The van der Waals surface area contributed by atoms with Crippen molar-refractivity contribution in [3.05, 3.63) is 0 Å². The van der Waals surface area contributed by atoms with Crippen LogP contribution in [-0.2, 0) is 18.9 Å². The lowest BCUT2D eigenvalue weighted by Gasteiger charge is -2.28. The molecule has 1 heterocycles. The topological polar surface area (TPSA) is 121 Å². The van der Waals surface area contributed by atoms with Crippen LogP contribution in [0.2, 0.25) is 0 Å². The first-order valence-electron chi connectivity index (χ1n) is 7.15. The first kappa shape index (κ1) is 18.1. The van der Waals surface area contributed by atoms with Gasteiger partial charge in [0.15, 0.2) is 0 Å². The first-order valence-corrected chi connectivity index (χ1v) is 9.07. The zero-order valence-corrected chi connectivity index (χ0v) is 13.0. The Kier molecular flexibility index (Phi) is 6.84. The van der Waals surface area contributed by atoms with Crippen molar-refractivity contribution in [1.82, 2.24) is 0 Å². The summed E-state index contributed by atoms with van der Waals surface area (Å²) in [4.78, 5) is 32.0. The Morgan fingerprint density at radius 1 is 1.38 bits per heavy atom. The van der Waals surface area contributed by atoms with Crippen LogP contribution in [0, 0.1) is 5.92 Å². The van der Waals surface area contributed by atoms with Crippen LogP contribution in [0.5, 0.6) is 0 Å². The average molecular weight is 322 g/mol. The third kappa shape index (κ3) is 5.41. The minimum absolute atomic E-state index is 0.142. The predicted molar refractivity (Wildman–Crippen MR) is 75.7 cm³/mol. The Morgan fingerprint density at radius 3 is 2.48 bits per heavy atom. The van der Waals surface area contributed by atoms with Gasteiger partial charge in [0.05, 0.1) is 17.7 Å². The Labute approximate surface area is 123 Å². The van der Waals surface area contributed by atoms with Crippen molar-refractivity contribution >= 4 is 19.3 Å². The van der Waals surface area contributed by atoms with E-state index in [1.165, 1.54) is 0 Å². The van der Waals surface area contributed by atoms with Crippen LogP contribution >= 0.6 is 7.37 Å². The summed E-state index contributed by atoms with van der Waals surface area (Å²) in [7, 11) is -3.72. The summed E-state index contributed by atoms with van der Waals surface area (Å²) in [5, 5.41) is 17.7. The first-order chi connectivity index (χ1) is 9.77. The second kappa shape index (κ2) is 7.92. The van der Waals surface area contributed by atoms with Crippen LogP contribution in [0.4, 0.5) is 0 Å². The van der Waals surface area contributed by atoms with Crippen molar-refractivity contribution in [3.63, 3.8) is 0 Å². The summed E-state index contributed by atoms with van der Waals surface area (Å²) >= 11 is 0. The second-order valence-electron chi connectivity index (χ2n) is 5.43. The van der Waals surface area contributed by atoms with Gasteiger partial charge in [-0.1, -0.05) is 6.92 Å². The molecule has 122 valence electrons. The molecule has 0 aromatic carbocycles. The fraction of sp³-hybridized carbons (Fsp3) is 0.846. The molecule has 1 fully saturated rings. The Bertz CT molecular complexity index is 417. The standard InChI is InChI=1S/C13H23O7P/c1-2-11(10-4-3-7-20-10)21(18,19)8-9(13(16)17)5-6-12(14)15/h9-11H,2-8H2,1H3,(H,14,15)(H,16,17)(H,18,19). The van der Waals surface area contributed by atoms with Gasteiger partial charge in [-0.05, 0) is 25.7 Å². The molecule has 1 saturated heterocycles. The quantitative estimate of drug-likeness (QED) is 0.553. The van der Waals surface area contributed by atoms with Gasteiger partial charge in [-0.25, -0.2) is 0 Å². The van der Waals surface area contributed by atoms with Crippen molar-refractivity contribution in [2.75, 3.05) is 12.8 Å². The third-order valence-corrected chi connectivity index (χ3v) is 6.57. The second-order valence-corrected chi connectivity index (χ2v) is 7.97. The van der Waals surface area contributed by atoms with Crippen LogP contribution in [0.3, 0.4) is 0 Å². The average Bonchev–Trinajstić information content (AvgIpc) is 2.88. The molecule has 4 atom stereocenters. The highest BCUT2D eigenvalue weighted by atomic mass is 31.2. The number of carboxylic acid groups (broad SMARTS) is 2. The van der Waals surface area contributed by atoms with Crippen molar-refractivity contribution in [2.24, 2.45) is 5.92 Å². The number of carboxylic acids is 2. The number of carbonyl (C=O) groups is 2. The number of rotatable bonds is 9. The smallest absolute Gasteiger partial charge is 0.307 e. The zero-order valence-electron chi connectivity index (χ0n) is 12.1. The maximum Gasteiger partial charge on any atom is 0.307 e. The highest BCUT2D eigenvalue weighted by Crippen LogP contribution is 2.53. The van der Waals surface area contributed by atoms with Crippen molar-refractivity contribution in [2.45, 2.75) is 50.8 Å². The third-order valence-electron chi connectivity index (χ3n) is 3.87. The normalized spacial score (nSPS) is 24.2. The lowest BCUT2D eigenvalue weighted by Crippen LogP contribution is -2.29. The molecule has 0 bridgehead atoms. The molecule has 3 N–H and O–H groups in total. The Hall–Kier alpha value is -0.910. The molecule has 1 rings (SSSR count). The largest absolute Gasteiger partial charge is 0.481 e. The van der Waals surface area contributed by atoms with Gasteiger partial charge in [-0.2, -0.15) is 0 Å². The zero-order chi connectivity index (χ0) is 16.0. The number of hydrogen-bond donors (Lipinski definition) is 3. The molecule has 0 saturated carbocycles. The highest BCUT2D eigenvalue weighted by Gasteiger charge is 2.41. The molecule has 0 aromatic rings. The molecule has 1 aliphatic heterocycles. The summed E-state index contributed by atoms with van der Waals surface area (Å²) in [6.45, 7) is 2.34. The van der Waals surface area contributed by atoms with Gasteiger partial charge >= 0.3 is 11.9 Å². The van der Waals surface area contributed by atoms with E-state index < -0.39 is 37.0 Å². The van der Waals surface area contributed by atoms with Crippen LogP contribution in [0.15, 0.2) is 0 Å². The van der Waals surface area contributed by atoms with Crippen molar-refractivity contribution in [1.29, 1.82) is 0 Å². The van der Waals surface area contributed by atoms with Crippen LogP contribution in [0.25, 0.3) is 0 Å². The van der Waals surface area contributed by atoms with E-state index in [1.807, 2.05) is 0 Å². The maximum atomic E-state index is 12.6. The Morgan fingerprint density at radius 2 is 2.05 bits per heavy atom. The molecule has 8 heteroatoms. The van der Waals surface area contributed by atoms with Gasteiger partial charge in [0.25, 0.3) is 0 Å². The van der Waals surface area contributed by atoms with Gasteiger partial charge < -0.3 is 19.8 Å². The highest BCUT2D eigenvalue weighted by molar-refractivity contribution is 7.58.